The molecule has 15 rings (SSSR count). The first-order valence-electron chi connectivity index (χ1n) is 24.6. The standard InChI is InChI=1S/C69H42N2/c1-3-21-44(22-4-1)64-52-30-11-12-31-53(52)65(57-39-38-43-20-7-8-25-46(43)67(57)64)54-41-40-51(47-26-9-10-27-48(47)54)62-42-63(71-68(70-62)45-23-5-2-6-24-45)56-33-19-37-61-66(56)55-32-15-18-36-60(55)69(61)58-34-16-13-28-49(58)50-29-14-17-35-59(50)69/h1-42H. The van der Waals surface area contributed by atoms with Gasteiger partial charge in [0.15, 0.2) is 5.82 Å². The molecule has 13 aromatic rings. The Morgan fingerprint density at radius 1 is 0.254 bits per heavy atom. The van der Waals surface area contributed by atoms with Gasteiger partial charge < -0.3 is 0 Å². The Balaban J connectivity index is 0.985. The van der Waals surface area contributed by atoms with E-state index in [1.807, 2.05) is 0 Å². The van der Waals surface area contributed by atoms with E-state index < -0.39 is 5.41 Å². The van der Waals surface area contributed by atoms with Crippen LogP contribution in [0.15, 0.2) is 255 Å². The summed E-state index contributed by atoms with van der Waals surface area (Å²) in [5.41, 5.74) is 19.7. The summed E-state index contributed by atoms with van der Waals surface area (Å²) in [6.07, 6.45) is 0. The number of fused-ring (bicyclic) bond motifs is 15. The Morgan fingerprint density at radius 3 is 1.42 bits per heavy atom. The summed E-state index contributed by atoms with van der Waals surface area (Å²) in [6.45, 7) is 0. The van der Waals surface area contributed by atoms with Crippen molar-refractivity contribution in [2.75, 3.05) is 0 Å². The van der Waals surface area contributed by atoms with Gasteiger partial charge in [-0.25, -0.2) is 9.97 Å². The molecule has 0 unspecified atom stereocenters. The number of hydrogen-bond donors (Lipinski definition) is 0. The van der Waals surface area contributed by atoms with Crippen LogP contribution in [0.3, 0.4) is 0 Å². The predicted molar refractivity (Wildman–Crippen MR) is 296 cm³/mol. The summed E-state index contributed by atoms with van der Waals surface area (Å²) in [6, 6.07) is 93.5. The number of aromatic nitrogens is 2. The summed E-state index contributed by atoms with van der Waals surface area (Å²) in [4.78, 5) is 11.0. The lowest BCUT2D eigenvalue weighted by atomic mass is 9.70. The molecule has 1 spiro atoms. The molecule has 2 aliphatic rings. The van der Waals surface area contributed by atoms with Gasteiger partial charge >= 0.3 is 0 Å². The summed E-state index contributed by atoms with van der Waals surface area (Å²) in [7, 11) is 0. The van der Waals surface area contributed by atoms with Crippen molar-refractivity contribution in [3.8, 4) is 78.4 Å². The SMILES string of the molecule is c1ccc(-c2nc(-c3cccc4c3-c3ccccc3C43c4ccccc4-c4ccccc43)cc(-c3ccc(-c4c5ccccc5c(-c5ccccc5)c5c4ccc4ccccc45)c4ccccc34)n2)cc1. The minimum absolute atomic E-state index is 0.459. The lowest BCUT2D eigenvalue weighted by Gasteiger charge is -2.30. The van der Waals surface area contributed by atoms with Crippen molar-refractivity contribution in [3.05, 3.63) is 277 Å². The first-order chi connectivity index (χ1) is 35.3. The Hall–Kier alpha value is -9.24. The van der Waals surface area contributed by atoms with Gasteiger partial charge in [0.05, 0.1) is 16.8 Å². The van der Waals surface area contributed by atoms with Gasteiger partial charge in [-0.05, 0) is 116 Å². The highest BCUT2D eigenvalue weighted by atomic mass is 14.9. The van der Waals surface area contributed by atoms with Crippen LogP contribution in [0, 0.1) is 0 Å². The fourth-order valence-electron chi connectivity index (χ4n) is 12.7. The zero-order valence-corrected chi connectivity index (χ0v) is 38.6. The maximum atomic E-state index is 5.51. The number of rotatable bonds is 5. The van der Waals surface area contributed by atoms with E-state index in [9.17, 15) is 0 Å². The Bertz CT molecular complexity index is 4290. The molecule has 328 valence electrons. The molecule has 0 fully saturated rings. The van der Waals surface area contributed by atoms with E-state index in [0.29, 0.717) is 5.82 Å². The molecule has 0 atom stereocenters. The van der Waals surface area contributed by atoms with Crippen LogP contribution >= 0.6 is 0 Å². The average molecular weight is 899 g/mol. The summed E-state index contributed by atoms with van der Waals surface area (Å²) in [5, 5.41) is 9.77. The third-order valence-corrected chi connectivity index (χ3v) is 15.5. The molecule has 2 heteroatoms. The van der Waals surface area contributed by atoms with E-state index >= 15 is 0 Å². The molecule has 71 heavy (non-hydrogen) atoms. The van der Waals surface area contributed by atoms with E-state index in [1.165, 1.54) is 104 Å². The van der Waals surface area contributed by atoms with Gasteiger partial charge in [0.25, 0.3) is 0 Å². The van der Waals surface area contributed by atoms with Crippen LogP contribution in [0.25, 0.3) is 122 Å². The molecule has 2 aliphatic carbocycles. The minimum atomic E-state index is -0.459. The topological polar surface area (TPSA) is 25.8 Å². The molecule has 0 saturated heterocycles. The Labute approximate surface area is 411 Å². The second-order valence-corrected chi connectivity index (χ2v) is 19.0. The third-order valence-electron chi connectivity index (χ3n) is 15.5. The van der Waals surface area contributed by atoms with Gasteiger partial charge in [0.1, 0.15) is 0 Å². The lowest BCUT2D eigenvalue weighted by molar-refractivity contribution is 0.794. The third kappa shape index (κ3) is 5.65. The normalized spacial score (nSPS) is 12.9. The van der Waals surface area contributed by atoms with Crippen molar-refractivity contribution in [2.24, 2.45) is 0 Å². The number of nitrogens with zero attached hydrogens (tertiary/aromatic N) is 2. The minimum Gasteiger partial charge on any atom is -0.228 e. The maximum Gasteiger partial charge on any atom is 0.160 e. The van der Waals surface area contributed by atoms with Crippen LogP contribution in [0.1, 0.15) is 22.3 Å². The molecule has 0 amide bonds. The van der Waals surface area contributed by atoms with E-state index in [4.69, 9.17) is 9.97 Å². The largest absolute Gasteiger partial charge is 0.228 e. The Kier molecular flexibility index (Phi) is 8.61. The highest BCUT2D eigenvalue weighted by Gasteiger charge is 2.52. The molecule has 0 radical (unpaired) electrons. The first kappa shape index (κ1) is 39.7. The zero-order valence-electron chi connectivity index (χ0n) is 38.6. The summed E-state index contributed by atoms with van der Waals surface area (Å²) >= 11 is 0. The molecule has 0 saturated carbocycles. The van der Waals surface area contributed by atoms with Crippen molar-refractivity contribution in [3.63, 3.8) is 0 Å². The van der Waals surface area contributed by atoms with Crippen molar-refractivity contribution in [1.82, 2.24) is 9.97 Å². The predicted octanol–water partition coefficient (Wildman–Crippen LogP) is 17.8. The van der Waals surface area contributed by atoms with Crippen molar-refractivity contribution in [2.45, 2.75) is 5.41 Å². The second-order valence-electron chi connectivity index (χ2n) is 19.0. The van der Waals surface area contributed by atoms with Crippen LogP contribution in [-0.4, -0.2) is 9.97 Å². The number of hydrogen-bond acceptors (Lipinski definition) is 2. The molecule has 0 bridgehead atoms. The van der Waals surface area contributed by atoms with Crippen LogP contribution in [0.2, 0.25) is 0 Å². The highest BCUT2D eigenvalue weighted by molar-refractivity contribution is 6.29. The smallest absolute Gasteiger partial charge is 0.160 e. The van der Waals surface area contributed by atoms with Gasteiger partial charge in [-0.15, -0.1) is 0 Å². The molecule has 0 aliphatic heterocycles. The lowest BCUT2D eigenvalue weighted by Crippen LogP contribution is -2.25. The molecular formula is C69H42N2. The molecule has 1 heterocycles. The van der Waals surface area contributed by atoms with E-state index in [2.05, 4.69) is 255 Å². The molecule has 2 nitrogen and oxygen atoms in total. The highest BCUT2D eigenvalue weighted by Crippen LogP contribution is 2.64. The quantitative estimate of drug-likeness (QED) is 0.127. The fourth-order valence-corrected chi connectivity index (χ4v) is 12.7. The van der Waals surface area contributed by atoms with Crippen LogP contribution in [0.5, 0.6) is 0 Å². The van der Waals surface area contributed by atoms with Gasteiger partial charge in [0, 0.05) is 16.7 Å². The van der Waals surface area contributed by atoms with Crippen LogP contribution in [-0.2, 0) is 5.41 Å². The van der Waals surface area contributed by atoms with Gasteiger partial charge in [0.2, 0.25) is 0 Å². The monoisotopic (exact) mass is 898 g/mol. The average Bonchev–Trinajstić information content (AvgIpc) is 3.94. The molecule has 12 aromatic carbocycles. The van der Waals surface area contributed by atoms with E-state index in [1.54, 1.807) is 0 Å². The maximum absolute atomic E-state index is 5.51. The summed E-state index contributed by atoms with van der Waals surface area (Å²) < 4.78 is 0. The van der Waals surface area contributed by atoms with E-state index in [0.717, 1.165) is 33.5 Å². The molecule has 0 N–H and O–H groups in total. The van der Waals surface area contributed by atoms with E-state index in [-0.39, 0.29) is 0 Å². The zero-order chi connectivity index (χ0) is 46.6. The van der Waals surface area contributed by atoms with Crippen molar-refractivity contribution in [1.29, 1.82) is 0 Å². The second kappa shape index (κ2) is 15.4. The number of benzene rings is 12. The van der Waals surface area contributed by atoms with Crippen molar-refractivity contribution >= 4 is 43.1 Å². The fraction of sp³-hybridized carbons (Fsp3) is 0.0145. The van der Waals surface area contributed by atoms with Crippen LogP contribution < -0.4 is 0 Å². The first-order valence-corrected chi connectivity index (χ1v) is 24.6. The van der Waals surface area contributed by atoms with Gasteiger partial charge in [-0.2, -0.15) is 0 Å². The molecule has 1 aromatic heterocycles. The summed E-state index contributed by atoms with van der Waals surface area (Å²) in [5.74, 6) is 0.696. The van der Waals surface area contributed by atoms with Gasteiger partial charge in [-0.3, -0.25) is 0 Å². The van der Waals surface area contributed by atoms with Crippen molar-refractivity contribution < 1.29 is 0 Å². The van der Waals surface area contributed by atoms with Gasteiger partial charge in [-0.1, -0.05) is 249 Å². The Morgan fingerprint density at radius 2 is 0.732 bits per heavy atom. The van der Waals surface area contributed by atoms with Crippen LogP contribution in [0.4, 0.5) is 0 Å². The molecular weight excluding hydrogens is 857 g/mol.